The van der Waals surface area contributed by atoms with Crippen LogP contribution in [0.2, 0.25) is 0 Å². The van der Waals surface area contributed by atoms with Crippen molar-refractivity contribution in [2.75, 3.05) is 0 Å². The zero-order valence-electron chi connectivity index (χ0n) is 7.84. The van der Waals surface area contributed by atoms with E-state index in [-0.39, 0.29) is 5.78 Å². The number of hydrogen-bond acceptors (Lipinski definition) is 3. The van der Waals surface area contributed by atoms with Gasteiger partial charge in [0.2, 0.25) is 0 Å². The lowest BCUT2D eigenvalue weighted by Crippen LogP contribution is -2.26. The van der Waals surface area contributed by atoms with Gasteiger partial charge in [-0.25, -0.2) is 4.52 Å². The maximum absolute atomic E-state index is 11.6. The summed E-state index contributed by atoms with van der Waals surface area (Å²) in [6.07, 6.45) is 3.44. The number of carbonyl (C=O) groups is 1. The Bertz CT molecular complexity index is 473. The van der Waals surface area contributed by atoms with E-state index in [1.54, 1.807) is 36.0 Å². The molecule has 0 fully saturated rings. The molecule has 0 spiro atoms. The summed E-state index contributed by atoms with van der Waals surface area (Å²) in [6.45, 7) is 1.68. The molecule has 72 valence electrons. The lowest BCUT2D eigenvalue weighted by molar-refractivity contribution is 0.0968. The highest BCUT2D eigenvalue weighted by molar-refractivity contribution is 6.00. The summed E-state index contributed by atoms with van der Waals surface area (Å²) in [5.74, 6) is -0.0475. The van der Waals surface area contributed by atoms with Gasteiger partial charge in [-0.05, 0) is 25.1 Å². The number of rotatable bonds is 2. The maximum Gasteiger partial charge on any atom is 0.179 e. The number of pyridine rings is 1. The van der Waals surface area contributed by atoms with Crippen LogP contribution in [0.25, 0.3) is 5.52 Å². The molecule has 1 atom stereocenters. The number of hydrogen-bond donors (Lipinski definition) is 1. The second kappa shape index (κ2) is 3.23. The third-order valence-electron chi connectivity index (χ3n) is 2.10. The van der Waals surface area contributed by atoms with Crippen molar-refractivity contribution < 1.29 is 4.79 Å². The van der Waals surface area contributed by atoms with E-state index in [1.807, 2.05) is 6.07 Å². The van der Waals surface area contributed by atoms with Gasteiger partial charge < -0.3 is 5.73 Å². The first-order valence-corrected chi connectivity index (χ1v) is 4.41. The van der Waals surface area contributed by atoms with Gasteiger partial charge in [-0.1, -0.05) is 0 Å². The number of nitrogens with two attached hydrogens (primary N) is 1. The fourth-order valence-corrected chi connectivity index (χ4v) is 1.34. The van der Waals surface area contributed by atoms with Gasteiger partial charge in [0, 0.05) is 18.0 Å². The zero-order chi connectivity index (χ0) is 10.1. The Hall–Kier alpha value is -1.68. The molecule has 0 saturated carbocycles. The SMILES string of the molecule is CC(N)C(=O)c1ccn2nccc2c1. The van der Waals surface area contributed by atoms with Crippen LogP contribution in [0.15, 0.2) is 30.6 Å². The van der Waals surface area contributed by atoms with Crippen LogP contribution >= 0.6 is 0 Å². The number of nitrogens with zero attached hydrogens (tertiary/aromatic N) is 2. The molecule has 2 N–H and O–H groups in total. The van der Waals surface area contributed by atoms with Crippen LogP contribution in [-0.2, 0) is 0 Å². The highest BCUT2D eigenvalue weighted by atomic mass is 16.1. The Balaban J connectivity index is 2.48. The van der Waals surface area contributed by atoms with Crippen molar-refractivity contribution in [3.8, 4) is 0 Å². The summed E-state index contributed by atoms with van der Waals surface area (Å²) in [5, 5.41) is 4.04. The minimum absolute atomic E-state index is 0.0475. The van der Waals surface area contributed by atoms with Gasteiger partial charge in [0.05, 0.1) is 11.6 Å². The first kappa shape index (κ1) is 8.90. The molecule has 2 rings (SSSR count). The van der Waals surface area contributed by atoms with Gasteiger partial charge in [-0.3, -0.25) is 4.79 Å². The van der Waals surface area contributed by atoms with Crippen LogP contribution in [0.1, 0.15) is 17.3 Å². The van der Waals surface area contributed by atoms with Gasteiger partial charge >= 0.3 is 0 Å². The minimum atomic E-state index is -0.458. The van der Waals surface area contributed by atoms with Crippen LogP contribution in [0.4, 0.5) is 0 Å². The quantitative estimate of drug-likeness (QED) is 0.713. The van der Waals surface area contributed by atoms with E-state index in [0.29, 0.717) is 5.56 Å². The smallest absolute Gasteiger partial charge is 0.179 e. The van der Waals surface area contributed by atoms with E-state index in [0.717, 1.165) is 5.52 Å². The summed E-state index contributed by atoms with van der Waals surface area (Å²) in [5.41, 5.74) is 7.05. The molecule has 4 nitrogen and oxygen atoms in total. The Morgan fingerprint density at radius 1 is 1.57 bits per heavy atom. The maximum atomic E-state index is 11.6. The molecule has 2 aromatic rings. The van der Waals surface area contributed by atoms with Crippen molar-refractivity contribution in [1.82, 2.24) is 9.61 Å². The normalized spacial score (nSPS) is 13.0. The molecule has 0 aromatic carbocycles. The Morgan fingerprint density at radius 2 is 2.36 bits per heavy atom. The van der Waals surface area contributed by atoms with Crippen LogP contribution in [0, 0.1) is 0 Å². The Kier molecular flexibility index (Phi) is 2.05. The van der Waals surface area contributed by atoms with Gasteiger partial charge in [-0.2, -0.15) is 5.10 Å². The highest BCUT2D eigenvalue weighted by Gasteiger charge is 2.10. The molecule has 0 aliphatic rings. The second-order valence-corrected chi connectivity index (χ2v) is 3.27. The second-order valence-electron chi connectivity index (χ2n) is 3.27. The number of carbonyl (C=O) groups excluding carboxylic acids is 1. The fourth-order valence-electron chi connectivity index (χ4n) is 1.34. The van der Waals surface area contributed by atoms with Crippen LogP contribution in [-0.4, -0.2) is 21.4 Å². The van der Waals surface area contributed by atoms with Crippen molar-refractivity contribution in [1.29, 1.82) is 0 Å². The van der Waals surface area contributed by atoms with Crippen molar-refractivity contribution in [2.45, 2.75) is 13.0 Å². The summed E-state index contributed by atoms with van der Waals surface area (Å²) in [6, 6.07) is 4.91. The van der Waals surface area contributed by atoms with E-state index < -0.39 is 6.04 Å². The molecule has 14 heavy (non-hydrogen) atoms. The topological polar surface area (TPSA) is 60.4 Å². The van der Waals surface area contributed by atoms with Crippen molar-refractivity contribution in [3.05, 3.63) is 36.2 Å². The largest absolute Gasteiger partial charge is 0.321 e. The van der Waals surface area contributed by atoms with Crippen LogP contribution < -0.4 is 5.73 Å². The van der Waals surface area contributed by atoms with Gasteiger partial charge in [0.25, 0.3) is 0 Å². The van der Waals surface area contributed by atoms with Gasteiger partial charge in [-0.15, -0.1) is 0 Å². The first-order chi connectivity index (χ1) is 6.68. The number of aromatic nitrogens is 2. The first-order valence-electron chi connectivity index (χ1n) is 4.41. The number of fused-ring (bicyclic) bond motifs is 1. The summed E-state index contributed by atoms with van der Waals surface area (Å²) >= 11 is 0. The highest BCUT2D eigenvalue weighted by Crippen LogP contribution is 2.08. The molecule has 0 amide bonds. The van der Waals surface area contributed by atoms with Crippen molar-refractivity contribution >= 4 is 11.3 Å². The lowest BCUT2D eigenvalue weighted by atomic mass is 10.1. The minimum Gasteiger partial charge on any atom is -0.321 e. The molecule has 4 heteroatoms. The summed E-state index contributed by atoms with van der Waals surface area (Å²) in [7, 11) is 0. The zero-order valence-corrected chi connectivity index (χ0v) is 7.84. The summed E-state index contributed by atoms with van der Waals surface area (Å²) < 4.78 is 1.71. The van der Waals surface area contributed by atoms with E-state index in [2.05, 4.69) is 5.10 Å². The van der Waals surface area contributed by atoms with Crippen LogP contribution in [0.3, 0.4) is 0 Å². The van der Waals surface area contributed by atoms with Crippen molar-refractivity contribution in [2.24, 2.45) is 5.73 Å². The Labute approximate surface area is 81.3 Å². The predicted molar refractivity (Wildman–Crippen MR) is 53.2 cm³/mol. The molecular formula is C10H11N3O. The molecule has 0 radical (unpaired) electrons. The fraction of sp³-hybridized carbons (Fsp3) is 0.200. The van der Waals surface area contributed by atoms with Gasteiger partial charge in [0.15, 0.2) is 5.78 Å². The lowest BCUT2D eigenvalue weighted by Gasteiger charge is -2.04. The molecule has 0 aliphatic carbocycles. The van der Waals surface area contributed by atoms with E-state index in [1.165, 1.54) is 0 Å². The van der Waals surface area contributed by atoms with Crippen molar-refractivity contribution in [3.63, 3.8) is 0 Å². The average Bonchev–Trinajstić information content (AvgIpc) is 2.62. The molecule has 2 aromatic heterocycles. The molecule has 1 unspecified atom stereocenters. The van der Waals surface area contributed by atoms with E-state index in [9.17, 15) is 4.79 Å². The van der Waals surface area contributed by atoms with E-state index >= 15 is 0 Å². The predicted octanol–water partition coefficient (Wildman–Crippen LogP) is 0.864. The third kappa shape index (κ3) is 1.40. The average molecular weight is 189 g/mol. The molecule has 2 heterocycles. The molecule has 0 bridgehead atoms. The third-order valence-corrected chi connectivity index (χ3v) is 2.10. The standard InChI is InChI=1S/C10H11N3O/c1-7(11)10(14)8-3-5-13-9(6-8)2-4-12-13/h2-7H,11H2,1H3. The number of Topliss-reactive ketones (excluding diaryl/α,β-unsaturated/α-hetero) is 1. The molecule has 0 saturated heterocycles. The van der Waals surface area contributed by atoms with Gasteiger partial charge in [0.1, 0.15) is 0 Å². The Morgan fingerprint density at radius 3 is 3.07 bits per heavy atom. The monoisotopic (exact) mass is 189 g/mol. The number of ketones is 1. The molecule has 0 aliphatic heterocycles. The molecular weight excluding hydrogens is 178 g/mol. The van der Waals surface area contributed by atoms with E-state index in [4.69, 9.17) is 5.73 Å². The van der Waals surface area contributed by atoms with Crippen LogP contribution in [0.5, 0.6) is 0 Å². The summed E-state index contributed by atoms with van der Waals surface area (Å²) in [4.78, 5) is 11.6.